The van der Waals surface area contributed by atoms with E-state index in [9.17, 15) is 9.18 Å². The summed E-state index contributed by atoms with van der Waals surface area (Å²) in [5.41, 5.74) is 0.959. The zero-order valence-electron chi connectivity index (χ0n) is 11.8. The van der Waals surface area contributed by atoms with Crippen LogP contribution in [0.1, 0.15) is 42.7 Å². The molecule has 3 nitrogen and oxygen atoms in total. The lowest BCUT2D eigenvalue weighted by Gasteiger charge is -2.31. The van der Waals surface area contributed by atoms with Crippen LogP contribution in [-0.2, 0) is 4.79 Å². The number of carboxylic acid groups (broad SMARTS) is 1. The Balaban J connectivity index is 2.04. The van der Waals surface area contributed by atoms with Crippen LogP contribution in [0.4, 0.5) is 4.39 Å². The molecule has 0 heterocycles. The first-order chi connectivity index (χ1) is 10.1. The van der Waals surface area contributed by atoms with Crippen molar-refractivity contribution in [3.63, 3.8) is 0 Å². The van der Waals surface area contributed by atoms with Gasteiger partial charge in [0, 0.05) is 0 Å². The number of benzene rings is 1. The predicted octanol–water partition coefficient (Wildman–Crippen LogP) is 3.86. The maximum Gasteiger partial charge on any atom is 0.310 e. The summed E-state index contributed by atoms with van der Waals surface area (Å²) in [6, 6.07) is 6.57. The van der Waals surface area contributed by atoms with Crippen molar-refractivity contribution in [3.8, 4) is 6.07 Å². The van der Waals surface area contributed by atoms with Gasteiger partial charge in [-0.3, -0.25) is 4.79 Å². The quantitative estimate of drug-likeness (QED) is 0.855. The van der Waals surface area contributed by atoms with Crippen LogP contribution in [0, 0.1) is 29.0 Å². The molecule has 0 amide bonds. The molecule has 1 aliphatic rings. The molecular weight excluding hydrogens is 269 g/mol. The lowest BCUT2D eigenvalue weighted by atomic mass is 9.74. The minimum absolute atomic E-state index is 0.0602. The van der Waals surface area contributed by atoms with Crippen molar-refractivity contribution >= 4 is 5.97 Å². The van der Waals surface area contributed by atoms with Gasteiger partial charge in [0.05, 0.1) is 11.5 Å². The lowest BCUT2D eigenvalue weighted by Crippen LogP contribution is -2.25. The van der Waals surface area contributed by atoms with E-state index in [1.165, 1.54) is 18.2 Å². The summed E-state index contributed by atoms with van der Waals surface area (Å²) in [5.74, 6) is -1.45. The minimum Gasteiger partial charge on any atom is -0.481 e. The highest BCUT2D eigenvalue weighted by atomic mass is 19.1. The van der Waals surface area contributed by atoms with E-state index < -0.39 is 17.7 Å². The molecular formula is C17H18FNO2. The summed E-state index contributed by atoms with van der Waals surface area (Å²) in [6.07, 6.45) is 4.79. The maximum atomic E-state index is 13.7. The van der Waals surface area contributed by atoms with Crippen LogP contribution in [0.15, 0.2) is 30.9 Å². The zero-order valence-corrected chi connectivity index (χ0v) is 11.8. The third-order valence-electron chi connectivity index (χ3n) is 4.40. The molecule has 0 saturated heterocycles. The molecule has 110 valence electrons. The molecule has 1 N–H and O–H groups in total. The van der Waals surface area contributed by atoms with Crippen LogP contribution in [0.3, 0.4) is 0 Å². The average molecular weight is 287 g/mol. The van der Waals surface area contributed by atoms with Crippen molar-refractivity contribution in [1.82, 2.24) is 0 Å². The molecule has 1 aromatic carbocycles. The van der Waals surface area contributed by atoms with E-state index in [1.807, 2.05) is 6.07 Å². The average Bonchev–Trinajstić information content (AvgIpc) is 2.48. The van der Waals surface area contributed by atoms with E-state index in [0.717, 1.165) is 31.2 Å². The second-order valence-corrected chi connectivity index (χ2v) is 5.56. The molecule has 1 aliphatic carbocycles. The molecule has 1 atom stereocenters. The van der Waals surface area contributed by atoms with Crippen molar-refractivity contribution in [2.75, 3.05) is 0 Å². The summed E-state index contributed by atoms with van der Waals surface area (Å²) in [4.78, 5) is 11.1. The monoisotopic (exact) mass is 287 g/mol. The van der Waals surface area contributed by atoms with Gasteiger partial charge in [-0.05, 0) is 55.2 Å². The molecule has 1 aromatic rings. The molecule has 0 bridgehead atoms. The smallest absolute Gasteiger partial charge is 0.310 e. The van der Waals surface area contributed by atoms with Crippen molar-refractivity contribution in [1.29, 1.82) is 5.26 Å². The molecule has 0 spiro atoms. The Morgan fingerprint density at radius 1 is 1.43 bits per heavy atom. The van der Waals surface area contributed by atoms with Crippen molar-refractivity contribution in [2.24, 2.45) is 11.8 Å². The highest BCUT2D eigenvalue weighted by Crippen LogP contribution is 2.39. The Bertz CT molecular complexity index is 583. The van der Waals surface area contributed by atoms with E-state index in [2.05, 4.69) is 6.58 Å². The van der Waals surface area contributed by atoms with Crippen LogP contribution in [0.2, 0.25) is 0 Å². The van der Waals surface area contributed by atoms with Gasteiger partial charge in [-0.25, -0.2) is 4.39 Å². The van der Waals surface area contributed by atoms with Crippen LogP contribution < -0.4 is 0 Å². The fourth-order valence-corrected chi connectivity index (χ4v) is 3.18. The third kappa shape index (κ3) is 3.30. The maximum absolute atomic E-state index is 13.7. The number of aliphatic carboxylic acids is 1. The summed E-state index contributed by atoms with van der Waals surface area (Å²) >= 11 is 0. The fraction of sp³-hybridized carbons (Fsp3) is 0.412. The van der Waals surface area contributed by atoms with Gasteiger partial charge in [0.25, 0.3) is 0 Å². The topological polar surface area (TPSA) is 61.1 Å². The molecule has 1 fully saturated rings. The van der Waals surface area contributed by atoms with Crippen LogP contribution in [0.25, 0.3) is 0 Å². The molecule has 0 aromatic heterocycles. The van der Waals surface area contributed by atoms with E-state index >= 15 is 0 Å². The molecule has 4 heteroatoms. The Kier molecular flexibility index (Phi) is 4.74. The van der Waals surface area contributed by atoms with E-state index in [0.29, 0.717) is 0 Å². The normalized spacial score (nSPS) is 23.0. The number of nitriles is 1. The molecule has 1 saturated carbocycles. The number of carbonyl (C=O) groups is 1. The largest absolute Gasteiger partial charge is 0.481 e. The third-order valence-corrected chi connectivity index (χ3v) is 4.40. The van der Waals surface area contributed by atoms with Gasteiger partial charge in [-0.2, -0.15) is 5.26 Å². The van der Waals surface area contributed by atoms with Crippen molar-refractivity contribution < 1.29 is 14.3 Å². The predicted molar refractivity (Wildman–Crippen MR) is 77.1 cm³/mol. The van der Waals surface area contributed by atoms with Crippen molar-refractivity contribution in [3.05, 3.63) is 47.8 Å². The van der Waals surface area contributed by atoms with Gasteiger partial charge in [0.1, 0.15) is 11.9 Å². The minimum atomic E-state index is -0.821. The SMILES string of the molecule is C=CC(C(=O)O)C1CCC(c2ccc(C#N)c(F)c2)CC1. The van der Waals surface area contributed by atoms with Gasteiger partial charge in [0.2, 0.25) is 0 Å². The highest BCUT2D eigenvalue weighted by Gasteiger charge is 2.30. The molecule has 2 rings (SSSR count). The summed E-state index contributed by atoms with van der Waals surface area (Å²) < 4.78 is 13.7. The van der Waals surface area contributed by atoms with Crippen LogP contribution in [0.5, 0.6) is 0 Å². The first-order valence-corrected chi connectivity index (χ1v) is 7.11. The Morgan fingerprint density at radius 3 is 2.57 bits per heavy atom. The van der Waals surface area contributed by atoms with Gasteiger partial charge >= 0.3 is 5.97 Å². The second kappa shape index (κ2) is 6.53. The number of hydrogen-bond donors (Lipinski definition) is 1. The Hall–Kier alpha value is -2.15. The fourth-order valence-electron chi connectivity index (χ4n) is 3.18. The second-order valence-electron chi connectivity index (χ2n) is 5.56. The van der Waals surface area contributed by atoms with Crippen molar-refractivity contribution in [2.45, 2.75) is 31.6 Å². The summed E-state index contributed by atoms with van der Waals surface area (Å²) in [5, 5.41) is 17.9. The lowest BCUT2D eigenvalue weighted by molar-refractivity contribution is -0.142. The number of hydrogen-bond acceptors (Lipinski definition) is 2. The number of carboxylic acids is 1. The van der Waals surface area contributed by atoms with Crippen LogP contribution in [-0.4, -0.2) is 11.1 Å². The number of halogens is 1. The zero-order chi connectivity index (χ0) is 15.4. The molecule has 0 radical (unpaired) electrons. The van der Waals surface area contributed by atoms with Crippen LogP contribution >= 0.6 is 0 Å². The van der Waals surface area contributed by atoms with Gasteiger partial charge in [0.15, 0.2) is 0 Å². The van der Waals surface area contributed by atoms with E-state index in [1.54, 1.807) is 6.07 Å². The van der Waals surface area contributed by atoms with Gasteiger partial charge in [-0.15, -0.1) is 6.58 Å². The number of nitrogens with zero attached hydrogens (tertiary/aromatic N) is 1. The van der Waals surface area contributed by atoms with Gasteiger partial charge < -0.3 is 5.11 Å². The first-order valence-electron chi connectivity index (χ1n) is 7.11. The molecule has 21 heavy (non-hydrogen) atoms. The van der Waals surface area contributed by atoms with E-state index in [4.69, 9.17) is 10.4 Å². The Morgan fingerprint density at radius 2 is 2.10 bits per heavy atom. The molecule has 1 unspecified atom stereocenters. The summed E-state index contributed by atoms with van der Waals surface area (Å²) in [7, 11) is 0. The molecule has 0 aliphatic heterocycles. The Labute approximate surface area is 123 Å². The van der Waals surface area contributed by atoms with E-state index in [-0.39, 0.29) is 17.4 Å². The summed E-state index contributed by atoms with van der Waals surface area (Å²) in [6.45, 7) is 3.60. The van der Waals surface area contributed by atoms with Gasteiger partial charge in [-0.1, -0.05) is 12.1 Å². The number of rotatable bonds is 4. The first kappa shape index (κ1) is 15.2. The highest BCUT2D eigenvalue weighted by molar-refractivity contribution is 5.72. The standard InChI is InChI=1S/C17H18FNO2/c1-2-15(17(20)21)12-5-3-11(4-6-12)13-7-8-14(10-19)16(18)9-13/h2,7-9,11-12,15H,1,3-6H2,(H,20,21).